The Hall–Kier alpha value is -2.83. The van der Waals surface area contributed by atoms with E-state index < -0.39 is 5.91 Å². The van der Waals surface area contributed by atoms with Gasteiger partial charge in [0.2, 0.25) is 11.8 Å². The number of aryl methyl sites for hydroxylation is 1. The van der Waals surface area contributed by atoms with Gasteiger partial charge in [0.05, 0.1) is 17.6 Å². The Bertz CT molecular complexity index is 1110. The van der Waals surface area contributed by atoms with Crippen LogP contribution < -0.4 is 11.1 Å². The van der Waals surface area contributed by atoms with E-state index in [4.69, 9.17) is 28.9 Å². The minimum absolute atomic E-state index is 0.0564. The molecule has 0 unspecified atom stereocenters. The molecule has 1 aliphatic rings. The van der Waals surface area contributed by atoms with Gasteiger partial charge in [-0.3, -0.25) is 9.59 Å². The van der Waals surface area contributed by atoms with Crippen molar-refractivity contribution < 1.29 is 9.59 Å². The van der Waals surface area contributed by atoms with Crippen LogP contribution >= 0.6 is 23.2 Å². The zero-order chi connectivity index (χ0) is 20.7. The summed E-state index contributed by atoms with van der Waals surface area (Å²) in [7, 11) is 0. The van der Waals surface area contributed by atoms with Crippen molar-refractivity contribution in [2.24, 2.45) is 11.7 Å². The highest BCUT2D eigenvalue weighted by Gasteiger charge is 2.44. The molecule has 1 saturated carbocycles. The Morgan fingerprint density at radius 2 is 1.90 bits per heavy atom. The van der Waals surface area contributed by atoms with Crippen LogP contribution in [0.2, 0.25) is 10.0 Å². The average Bonchev–Trinajstić information content (AvgIpc) is 3.35. The van der Waals surface area contributed by atoms with E-state index in [1.165, 1.54) is 0 Å². The van der Waals surface area contributed by atoms with Gasteiger partial charge in [0, 0.05) is 27.7 Å². The molecule has 1 aromatic heterocycles. The molecular formula is C21H18Cl2N4O2. The molecule has 6 nitrogen and oxygen atoms in total. The largest absolute Gasteiger partial charge is 0.366 e. The van der Waals surface area contributed by atoms with Crippen molar-refractivity contribution in [1.82, 2.24) is 9.78 Å². The number of nitrogens with zero attached hydrogens (tertiary/aromatic N) is 2. The number of carbonyl (C=O) groups is 2. The number of halogens is 2. The van der Waals surface area contributed by atoms with Crippen LogP contribution in [0.4, 0.5) is 5.69 Å². The topological polar surface area (TPSA) is 90.0 Å². The van der Waals surface area contributed by atoms with Crippen molar-refractivity contribution in [3.63, 3.8) is 0 Å². The molecule has 1 aliphatic carbocycles. The minimum Gasteiger partial charge on any atom is -0.366 e. The Morgan fingerprint density at radius 3 is 2.52 bits per heavy atom. The number of primary amides is 1. The van der Waals surface area contributed by atoms with Gasteiger partial charge in [0.1, 0.15) is 0 Å². The highest BCUT2D eigenvalue weighted by atomic mass is 35.5. The van der Waals surface area contributed by atoms with Crippen molar-refractivity contribution in [3.05, 3.63) is 75.5 Å². The number of nitrogens with two attached hydrogens (primary N) is 1. The lowest BCUT2D eigenvalue weighted by atomic mass is 10.1. The molecule has 3 aromatic rings. The summed E-state index contributed by atoms with van der Waals surface area (Å²) in [6.07, 6.45) is 4.25. The number of anilines is 1. The fraction of sp³-hybridized carbons (Fsp3) is 0.190. The summed E-state index contributed by atoms with van der Waals surface area (Å²) in [5.74, 6) is -0.852. The van der Waals surface area contributed by atoms with E-state index in [1.54, 1.807) is 35.1 Å². The third-order valence-corrected chi connectivity index (χ3v) is 5.37. The number of nitrogens with one attached hydrogen (secondary N) is 1. The van der Waals surface area contributed by atoms with Gasteiger partial charge in [-0.1, -0.05) is 23.2 Å². The molecule has 1 fully saturated rings. The SMILES string of the molecule is Cc1cnn(-c2ccc(C(N)=O)cc2NC(=O)[C@@H]2C[C@@H]2c2cc(Cl)cc(Cl)c2)c1. The van der Waals surface area contributed by atoms with Gasteiger partial charge in [0.15, 0.2) is 0 Å². The number of hydrogen-bond donors (Lipinski definition) is 2. The lowest BCUT2D eigenvalue weighted by Gasteiger charge is -2.13. The number of benzene rings is 2. The molecule has 1 heterocycles. The van der Waals surface area contributed by atoms with Gasteiger partial charge in [-0.25, -0.2) is 4.68 Å². The molecule has 3 N–H and O–H groups in total. The van der Waals surface area contributed by atoms with Crippen LogP contribution in [0.5, 0.6) is 0 Å². The second-order valence-corrected chi connectivity index (χ2v) is 8.07. The van der Waals surface area contributed by atoms with E-state index in [-0.39, 0.29) is 17.7 Å². The van der Waals surface area contributed by atoms with Crippen molar-refractivity contribution in [2.75, 3.05) is 5.32 Å². The molecule has 2 atom stereocenters. The van der Waals surface area contributed by atoms with Crippen LogP contribution in [0, 0.1) is 12.8 Å². The maximum Gasteiger partial charge on any atom is 0.248 e. The zero-order valence-corrected chi connectivity index (χ0v) is 17.0. The summed E-state index contributed by atoms with van der Waals surface area (Å²) in [5, 5.41) is 8.31. The molecule has 4 rings (SSSR count). The number of rotatable bonds is 5. The summed E-state index contributed by atoms with van der Waals surface area (Å²) in [6.45, 7) is 1.92. The van der Waals surface area contributed by atoms with Gasteiger partial charge in [0.25, 0.3) is 0 Å². The molecule has 2 aromatic carbocycles. The summed E-state index contributed by atoms with van der Waals surface area (Å²) < 4.78 is 1.65. The smallest absolute Gasteiger partial charge is 0.248 e. The molecule has 2 amide bonds. The van der Waals surface area contributed by atoms with Crippen LogP contribution in [0.15, 0.2) is 48.8 Å². The van der Waals surface area contributed by atoms with Crippen LogP contribution in [-0.2, 0) is 4.79 Å². The quantitative estimate of drug-likeness (QED) is 0.633. The number of amides is 2. The Labute approximate surface area is 177 Å². The van der Waals surface area contributed by atoms with Gasteiger partial charge in [-0.15, -0.1) is 0 Å². The standard InChI is InChI=1S/C21H18Cl2N4O2/c1-11-9-25-27(10-11)19-3-2-12(20(24)28)6-18(19)26-21(29)17-8-16(17)13-4-14(22)7-15(23)5-13/h2-7,9-10,16-17H,8H2,1H3,(H2,24,28)(H,26,29)/t16-,17-/m1/s1. The maximum atomic E-state index is 12.9. The molecule has 29 heavy (non-hydrogen) atoms. The van der Waals surface area contributed by atoms with Gasteiger partial charge < -0.3 is 11.1 Å². The first kappa shape index (κ1) is 19.5. The number of carbonyl (C=O) groups excluding carboxylic acids is 2. The Kier molecular flexibility index (Phi) is 5.06. The Balaban J connectivity index is 1.59. The maximum absolute atomic E-state index is 12.9. The highest BCUT2D eigenvalue weighted by Crippen LogP contribution is 2.49. The first-order valence-corrected chi connectivity index (χ1v) is 9.80. The van der Waals surface area contributed by atoms with Crippen LogP contribution in [0.1, 0.15) is 33.8 Å². The van der Waals surface area contributed by atoms with E-state index in [2.05, 4.69) is 10.4 Å². The Morgan fingerprint density at radius 1 is 1.17 bits per heavy atom. The third kappa shape index (κ3) is 4.13. The number of aromatic nitrogens is 2. The third-order valence-electron chi connectivity index (χ3n) is 4.94. The van der Waals surface area contributed by atoms with Crippen LogP contribution in [0.3, 0.4) is 0 Å². The summed E-state index contributed by atoms with van der Waals surface area (Å²) in [6, 6.07) is 10.2. The highest BCUT2D eigenvalue weighted by molar-refractivity contribution is 6.34. The van der Waals surface area contributed by atoms with Crippen LogP contribution in [0.25, 0.3) is 5.69 Å². The molecule has 0 aliphatic heterocycles. The minimum atomic E-state index is -0.568. The van der Waals surface area contributed by atoms with Gasteiger partial charge in [-0.2, -0.15) is 5.10 Å². The molecule has 8 heteroatoms. The average molecular weight is 429 g/mol. The lowest BCUT2D eigenvalue weighted by molar-refractivity contribution is -0.117. The summed E-state index contributed by atoms with van der Waals surface area (Å²) in [4.78, 5) is 24.5. The van der Waals surface area contributed by atoms with Crippen molar-refractivity contribution in [1.29, 1.82) is 0 Å². The molecule has 148 valence electrons. The lowest BCUT2D eigenvalue weighted by Crippen LogP contribution is -2.18. The molecular weight excluding hydrogens is 411 g/mol. The van der Waals surface area contributed by atoms with Crippen molar-refractivity contribution in [2.45, 2.75) is 19.3 Å². The van der Waals surface area contributed by atoms with Crippen molar-refractivity contribution in [3.8, 4) is 5.69 Å². The molecule has 0 radical (unpaired) electrons. The fourth-order valence-electron chi connectivity index (χ4n) is 3.40. The first-order chi connectivity index (χ1) is 13.8. The zero-order valence-electron chi connectivity index (χ0n) is 15.5. The monoisotopic (exact) mass is 428 g/mol. The predicted molar refractivity (Wildman–Crippen MR) is 113 cm³/mol. The summed E-state index contributed by atoms with van der Waals surface area (Å²) in [5.41, 5.74) is 8.76. The summed E-state index contributed by atoms with van der Waals surface area (Å²) >= 11 is 12.2. The number of hydrogen-bond acceptors (Lipinski definition) is 3. The molecule has 0 saturated heterocycles. The fourth-order valence-corrected chi connectivity index (χ4v) is 3.94. The van der Waals surface area contributed by atoms with E-state index in [0.717, 1.165) is 11.1 Å². The van der Waals surface area contributed by atoms with E-state index in [1.807, 2.05) is 25.3 Å². The van der Waals surface area contributed by atoms with Crippen molar-refractivity contribution >= 4 is 40.7 Å². The molecule has 0 bridgehead atoms. The molecule has 0 spiro atoms. The van der Waals surface area contributed by atoms with E-state index in [0.29, 0.717) is 33.4 Å². The van der Waals surface area contributed by atoms with E-state index in [9.17, 15) is 9.59 Å². The predicted octanol–water partition coefficient (Wildman–Crippen LogP) is 4.33. The second-order valence-electron chi connectivity index (χ2n) is 7.20. The normalized spacial score (nSPS) is 17.8. The first-order valence-electron chi connectivity index (χ1n) is 9.04. The van der Waals surface area contributed by atoms with Gasteiger partial charge >= 0.3 is 0 Å². The van der Waals surface area contributed by atoms with E-state index >= 15 is 0 Å². The van der Waals surface area contributed by atoms with Crippen LogP contribution in [-0.4, -0.2) is 21.6 Å². The second kappa shape index (κ2) is 7.54. The van der Waals surface area contributed by atoms with Gasteiger partial charge in [-0.05, 0) is 66.8 Å².